The van der Waals surface area contributed by atoms with Crippen LogP contribution in [0.25, 0.3) is 16.7 Å². The minimum Gasteiger partial charge on any atom is -0.354 e. The highest BCUT2D eigenvalue weighted by Gasteiger charge is 2.30. The average Bonchev–Trinajstić information content (AvgIpc) is 3.45. The quantitative estimate of drug-likeness (QED) is 0.461. The number of anilines is 1. The second-order valence-corrected chi connectivity index (χ2v) is 10.4. The third-order valence-corrected chi connectivity index (χ3v) is 7.75. The van der Waals surface area contributed by atoms with Crippen LogP contribution in [0.4, 0.5) is 10.2 Å². The number of fused-ring (bicyclic) bond motifs is 1. The molecule has 3 aromatic rings. The lowest BCUT2D eigenvalue weighted by molar-refractivity contribution is -0.135. The van der Waals surface area contributed by atoms with Crippen LogP contribution in [0.3, 0.4) is 0 Å². The SMILES string of the molecule is CCC[C@@H](C)c1nc(N2CCCN(C(=O)C3CCCC3)CC2)c2c(C)nn(-c3ccc(F)cc3)c2n1. The van der Waals surface area contributed by atoms with Crippen molar-refractivity contribution in [1.82, 2.24) is 24.6 Å². The second kappa shape index (κ2) is 10.5. The Hall–Kier alpha value is -3.03. The van der Waals surface area contributed by atoms with Gasteiger partial charge in [-0.15, -0.1) is 0 Å². The van der Waals surface area contributed by atoms with Crippen LogP contribution in [0.5, 0.6) is 0 Å². The van der Waals surface area contributed by atoms with Gasteiger partial charge < -0.3 is 9.80 Å². The third kappa shape index (κ3) is 4.82. The van der Waals surface area contributed by atoms with Crippen molar-refractivity contribution in [3.05, 3.63) is 41.6 Å². The van der Waals surface area contributed by atoms with Gasteiger partial charge in [0.25, 0.3) is 0 Å². The van der Waals surface area contributed by atoms with E-state index in [9.17, 15) is 9.18 Å². The number of rotatable bonds is 6. The Morgan fingerprint density at radius 1 is 1.06 bits per heavy atom. The number of carbonyl (C=O) groups excluding carboxylic acids is 1. The molecule has 5 rings (SSSR count). The first-order chi connectivity index (χ1) is 17.5. The molecule has 1 aliphatic carbocycles. The van der Waals surface area contributed by atoms with E-state index in [-0.39, 0.29) is 17.7 Å². The van der Waals surface area contributed by atoms with Crippen molar-refractivity contribution in [3.63, 3.8) is 0 Å². The Morgan fingerprint density at radius 2 is 1.81 bits per heavy atom. The summed E-state index contributed by atoms with van der Waals surface area (Å²) in [4.78, 5) is 27.6. The molecule has 0 N–H and O–H groups in total. The van der Waals surface area contributed by atoms with E-state index in [1.807, 2.05) is 11.6 Å². The molecule has 36 heavy (non-hydrogen) atoms. The normalized spacial score (nSPS) is 18.1. The molecule has 1 saturated heterocycles. The van der Waals surface area contributed by atoms with Crippen LogP contribution in [0.1, 0.15) is 76.2 Å². The van der Waals surface area contributed by atoms with Crippen molar-refractivity contribution in [2.24, 2.45) is 5.92 Å². The summed E-state index contributed by atoms with van der Waals surface area (Å²) < 4.78 is 15.4. The molecule has 1 amide bonds. The van der Waals surface area contributed by atoms with Gasteiger partial charge in [-0.25, -0.2) is 19.0 Å². The number of nitrogens with zero attached hydrogens (tertiary/aromatic N) is 6. The lowest BCUT2D eigenvalue weighted by atomic mass is 10.1. The number of aryl methyl sites for hydroxylation is 1. The monoisotopic (exact) mass is 492 g/mol. The number of hydrogen-bond donors (Lipinski definition) is 0. The predicted molar refractivity (Wildman–Crippen MR) is 140 cm³/mol. The summed E-state index contributed by atoms with van der Waals surface area (Å²) >= 11 is 0. The average molecular weight is 493 g/mol. The zero-order valence-corrected chi connectivity index (χ0v) is 21.7. The van der Waals surface area contributed by atoms with Crippen LogP contribution in [0, 0.1) is 18.7 Å². The lowest BCUT2D eigenvalue weighted by Crippen LogP contribution is -2.38. The van der Waals surface area contributed by atoms with Crippen LogP contribution in [0.2, 0.25) is 0 Å². The minimum absolute atomic E-state index is 0.208. The van der Waals surface area contributed by atoms with Crippen LogP contribution >= 0.6 is 0 Å². The molecule has 1 aliphatic heterocycles. The molecule has 192 valence electrons. The first kappa shape index (κ1) is 24.7. The Bertz CT molecular complexity index is 1220. The van der Waals surface area contributed by atoms with Crippen LogP contribution in [0.15, 0.2) is 24.3 Å². The zero-order chi connectivity index (χ0) is 25.2. The van der Waals surface area contributed by atoms with Gasteiger partial charge in [0.05, 0.1) is 16.8 Å². The summed E-state index contributed by atoms with van der Waals surface area (Å²) in [5.74, 6) is 2.19. The van der Waals surface area contributed by atoms with E-state index in [0.29, 0.717) is 12.5 Å². The number of amides is 1. The van der Waals surface area contributed by atoms with Crippen molar-refractivity contribution in [1.29, 1.82) is 0 Å². The molecule has 0 spiro atoms. The van der Waals surface area contributed by atoms with E-state index in [4.69, 9.17) is 15.1 Å². The maximum Gasteiger partial charge on any atom is 0.225 e. The summed E-state index contributed by atoms with van der Waals surface area (Å²) in [6, 6.07) is 6.37. The zero-order valence-electron chi connectivity index (χ0n) is 21.7. The van der Waals surface area contributed by atoms with E-state index in [1.165, 1.54) is 25.0 Å². The number of halogens is 1. The Morgan fingerprint density at radius 3 is 2.53 bits per heavy atom. The first-order valence-corrected chi connectivity index (χ1v) is 13.5. The highest BCUT2D eigenvalue weighted by atomic mass is 19.1. The molecule has 0 bridgehead atoms. The van der Waals surface area contributed by atoms with Crippen LogP contribution < -0.4 is 4.90 Å². The van der Waals surface area contributed by atoms with Gasteiger partial charge in [-0.1, -0.05) is 33.1 Å². The van der Waals surface area contributed by atoms with E-state index < -0.39 is 0 Å². The molecule has 1 atom stereocenters. The highest BCUT2D eigenvalue weighted by Crippen LogP contribution is 2.33. The number of hydrogen-bond acceptors (Lipinski definition) is 5. The molecule has 2 aliphatic rings. The molecular weight excluding hydrogens is 455 g/mol. The minimum atomic E-state index is -0.277. The summed E-state index contributed by atoms with van der Waals surface area (Å²) in [6.45, 7) is 9.42. The van der Waals surface area contributed by atoms with E-state index >= 15 is 0 Å². The number of benzene rings is 1. The molecule has 1 saturated carbocycles. The smallest absolute Gasteiger partial charge is 0.225 e. The van der Waals surface area contributed by atoms with Gasteiger partial charge in [0.1, 0.15) is 17.5 Å². The highest BCUT2D eigenvalue weighted by molar-refractivity contribution is 5.91. The molecule has 8 heteroatoms. The second-order valence-electron chi connectivity index (χ2n) is 10.4. The van der Waals surface area contributed by atoms with Gasteiger partial charge in [0.2, 0.25) is 5.91 Å². The first-order valence-electron chi connectivity index (χ1n) is 13.5. The Balaban J connectivity index is 1.52. The third-order valence-electron chi connectivity index (χ3n) is 7.75. The van der Waals surface area contributed by atoms with Crippen molar-refractivity contribution < 1.29 is 9.18 Å². The van der Waals surface area contributed by atoms with Crippen molar-refractivity contribution in [2.75, 3.05) is 31.1 Å². The molecule has 2 aromatic heterocycles. The maximum atomic E-state index is 13.6. The molecule has 0 radical (unpaired) electrons. The Kier molecular flexibility index (Phi) is 7.21. The fourth-order valence-electron chi connectivity index (χ4n) is 5.73. The molecule has 7 nitrogen and oxygen atoms in total. The summed E-state index contributed by atoms with van der Waals surface area (Å²) in [7, 11) is 0. The summed E-state index contributed by atoms with van der Waals surface area (Å²) in [6.07, 6.45) is 7.37. The fraction of sp³-hybridized carbons (Fsp3) is 0.571. The van der Waals surface area contributed by atoms with E-state index in [1.54, 1.807) is 12.1 Å². The fourth-order valence-corrected chi connectivity index (χ4v) is 5.73. The van der Waals surface area contributed by atoms with Crippen LogP contribution in [-0.2, 0) is 4.79 Å². The number of carbonyl (C=O) groups is 1. The molecule has 0 unspecified atom stereocenters. The standard InChI is InChI=1S/C28H37FN6O/c1-4-8-19(2)25-30-26(33-15-7-16-34(18-17-33)28(36)21-9-5-6-10-21)24-20(3)32-35(27(24)31-25)23-13-11-22(29)12-14-23/h11-14,19,21H,4-10,15-18H2,1-3H3/t19-/m1/s1. The van der Waals surface area contributed by atoms with Crippen molar-refractivity contribution in [3.8, 4) is 5.69 Å². The van der Waals surface area contributed by atoms with E-state index in [2.05, 4.69) is 23.6 Å². The van der Waals surface area contributed by atoms with Crippen LogP contribution in [-0.4, -0.2) is 56.7 Å². The topological polar surface area (TPSA) is 67.2 Å². The molecule has 3 heterocycles. The van der Waals surface area contributed by atoms with Crippen molar-refractivity contribution >= 4 is 22.8 Å². The summed E-state index contributed by atoms with van der Waals surface area (Å²) in [5, 5.41) is 5.74. The largest absolute Gasteiger partial charge is 0.354 e. The summed E-state index contributed by atoms with van der Waals surface area (Å²) in [5.41, 5.74) is 2.38. The van der Waals surface area contributed by atoms with Gasteiger partial charge in [-0.3, -0.25) is 4.79 Å². The van der Waals surface area contributed by atoms with Gasteiger partial charge in [0.15, 0.2) is 5.65 Å². The van der Waals surface area contributed by atoms with Gasteiger partial charge in [0, 0.05) is 38.0 Å². The van der Waals surface area contributed by atoms with E-state index in [0.717, 1.165) is 85.8 Å². The predicted octanol–water partition coefficient (Wildman–Crippen LogP) is 5.40. The van der Waals surface area contributed by atoms with Crippen molar-refractivity contribution in [2.45, 2.75) is 71.6 Å². The molecule has 1 aromatic carbocycles. The lowest BCUT2D eigenvalue weighted by Gasteiger charge is -2.25. The molecule has 2 fully saturated rings. The molecular formula is C28H37FN6O. The van der Waals surface area contributed by atoms with Gasteiger partial charge in [-0.2, -0.15) is 5.10 Å². The van der Waals surface area contributed by atoms with Gasteiger partial charge >= 0.3 is 0 Å². The van der Waals surface area contributed by atoms with Gasteiger partial charge in [-0.05, 0) is 56.9 Å². The Labute approximate surface area is 212 Å². The maximum absolute atomic E-state index is 13.6. The number of aromatic nitrogens is 4.